The number of nitrogens with zero attached hydrogens (tertiary/aromatic N) is 2. The third kappa shape index (κ3) is 2.01. The van der Waals surface area contributed by atoms with Crippen LogP contribution < -0.4 is 5.73 Å². The third-order valence-electron chi connectivity index (χ3n) is 5.54. The van der Waals surface area contributed by atoms with Gasteiger partial charge < -0.3 is 10.6 Å². The fraction of sp³-hybridized carbons (Fsp3) is 0.471. The lowest BCUT2D eigenvalue weighted by molar-refractivity contribution is 0.0692. The van der Waals surface area contributed by atoms with Crippen molar-refractivity contribution in [1.29, 1.82) is 0 Å². The summed E-state index contributed by atoms with van der Waals surface area (Å²) in [6.07, 6.45) is 2.12. The normalized spacial score (nSPS) is 29.2. The van der Waals surface area contributed by atoms with Crippen LogP contribution in [0.3, 0.4) is 0 Å². The molecule has 0 radical (unpaired) electrons. The van der Waals surface area contributed by atoms with Gasteiger partial charge in [-0.1, -0.05) is 0 Å². The largest absolute Gasteiger partial charge is 0.338 e. The van der Waals surface area contributed by atoms with E-state index in [2.05, 4.69) is 0 Å². The quantitative estimate of drug-likeness (QED) is 0.774. The summed E-state index contributed by atoms with van der Waals surface area (Å²) in [5, 5.41) is 0. The summed E-state index contributed by atoms with van der Waals surface area (Å²) < 4.78 is 0. The highest BCUT2D eigenvalue weighted by Gasteiger charge is 2.43. The Hall–Kier alpha value is -2.21. The molecule has 0 aromatic heterocycles. The summed E-state index contributed by atoms with van der Waals surface area (Å²) in [6, 6.07) is 4.95. The number of benzene rings is 1. The van der Waals surface area contributed by atoms with Crippen LogP contribution in [0.4, 0.5) is 0 Å². The number of rotatable bonds is 1. The number of carbonyl (C=O) groups is 3. The highest BCUT2D eigenvalue weighted by atomic mass is 16.2. The number of amides is 3. The van der Waals surface area contributed by atoms with E-state index in [1.165, 1.54) is 7.05 Å². The van der Waals surface area contributed by atoms with Crippen LogP contribution in [-0.2, 0) is 0 Å². The summed E-state index contributed by atoms with van der Waals surface area (Å²) in [7, 11) is 1.45. The molecule has 6 nitrogen and oxygen atoms in total. The highest BCUT2D eigenvalue weighted by Crippen LogP contribution is 2.37. The van der Waals surface area contributed by atoms with Gasteiger partial charge in [-0.05, 0) is 42.9 Å². The summed E-state index contributed by atoms with van der Waals surface area (Å²) in [4.78, 5) is 39.6. The van der Waals surface area contributed by atoms with Crippen LogP contribution in [0.5, 0.6) is 0 Å². The second-order valence-electron chi connectivity index (χ2n) is 6.80. The topological polar surface area (TPSA) is 83.7 Å². The Balaban J connectivity index is 1.59. The summed E-state index contributed by atoms with van der Waals surface area (Å²) in [5.41, 5.74) is 7.27. The second kappa shape index (κ2) is 4.89. The van der Waals surface area contributed by atoms with Crippen molar-refractivity contribution < 1.29 is 14.4 Å². The van der Waals surface area contributed by atoms with Crippen molar-refractivity contribution in [2.75, 3.05) is 20.1 Å². The Labute approximate surface area is 134 Å². The maximum absolute atomic E-state index is 12.7. The molecular weight excluding hydrogens is 294 g/mol. The van der Waals surface area contributed by atoms with Gasteiger partial charge in [0.1, 0.15) is 0 Å². The van der Waals surface area contributed by atoms with Gasteiger partial charge in [-0.2, -0.15) is 0 Å². The number of fused-ring (bicyclic) bond motifs is 2. The third-order valence-corrected chi connectivity index (χ3v) is 5.54. The molecule has 120 valence electrons. The zero-order valence-electron chi connectivity index (χ0n) is 13.0. The molecule has 23 heavy (non-hydrogen) atoms. The van der Waals surface area contributed by atoms with Gasteiger partial charge in [-0.3, -0.25) is 19.3 Å². The van der Waals surface area contributed by atoms with Crippen molar-refractivity contribution >= 4 is 17.7 Å². The van der Waals surface area contributed by atoms with Crippen LogP contribution >= 0.6 is 0 Å². The Morgan fingerprint density at radius 3 is 2.61 bits per heavy atom. The maximum atomic E-state index is 12.7. The molecule has 4 rings (SSSR count). The lowest BCUT2D eigenvalue weighted by atomic mass is 9.98. The molecule has 1 aliphatic carbocycles. The van der Waals surface area contributed by atoms with Gasteiger partial charge in [0.05, 0.1) is 11.1 Å². The molecule has 1 aromatic rings. The minimum Gasteiger partial charge on any atom is -0.338 e. The van der Waals surface area contributed by atoms with Gasteiger partial charge in [0.25, 0.3) is 17.7 Å². The summed E-state index contributed by atoms with van der Waals surface area (Å²) in [5.74, 6) is 0.148. The molecule has 2 aliphatic heterocycles. The Kier molecular flexibility index (Phi) is 3.06. The van der Waals surface area contributed by atoms with Gasteiger partial charge in [-0.25, -0.2) is 0 Å². The number of nitrogens with two attached hydrogens (primary N) is 1. The fourth-order valence-electron chi connectivity index (χ4n) is 4.15. The van der Waals surface area contributed by atoms with E-state index in [0.717, 1.165) is 24.3 Å². The molecular formula is C17H19N3O3. The number of likely N-dealkylation sites (tertiary alicyclic amines) is 1. The SMILES string of the molecule is CN1C(=O)c2ccc(C(=O)N3CC4CCC(N)C4C3)cc2C1=O. The first-order valence-corrected chi connectivity index (χ1v) is 7.98. The summed E-state index contributed by atoms with van der Waals surface area (Å²) >= 11 is 0. The van der Waals surface area contributed by atoms with Gasteiger partial charge in [-0.15, -0.1) is 0 Å². The van der Waals surface area contributed by atoms with E-state index in [4.69, 9.17) is 5.73 Å². The molecule has 2 heterocycles. The molecule has 1 saturated heterocycles. The molecule has 1 saturated carbocycles. The first kappa shape index (κ1) is 14.4. The van der Waals surface area contributed by atoms with Crippen LogP contribution in [0, 0.1) is 11.8 Å². The van der Waals surface area contributed by atoms with Crippen LogP contribution in [0.1, 0.15) is 43.9 Å². The van der Waals surface area contributed by atoms with Crippen LogP contribution in [0.2, 0.25) is 0 Å². The van der Waals surface area contributed by atoms with E-state index in [0.29, 0.717) is 35.1 Å². The van der Waals surface area contributed by atoms with Gasteiger partial charge in [0, 0.05) is 31.7 Å². The van der Waals surface area contributed by atoms with Gasteiger partial charge >= 0.3 is 0 Å². The molecule has 6 heteroatoms. The van der Waals surface area contributed by atoms with E-state index < -0.39 is 0 Å². The van der Waals surface area contributed by atoms with Crippen molar-refractivity contribution in [1.82, 2.24) is 9.80 Å². The number of carbonyl (C=O) groups excluding carboxylic acids is 3. The molecule has 3 aliphatic rings. The molecule has 0 spiro atoms. The minimum atomic E-state index is -0.347. The molecule has 1 aromatic carbocycles. The summed E-state index contributed by atoms with van der Waals surface area (Å²) in [6.45, 7) is 1.43. The minimum absolute atomic E-state index is 0.0794. The Morgan fingerprint density at radius 1 is 1.13 bits per heavy atom. The second-order valence-corrected chi connectivity index (χ2v) is 6.80. The molecule has 3 unspecified atom stereocenters. The van der Waals surface area contributed by atoms with Crippen molar-refractivity contribution in [3.8, 4) is 0 Å². The van der Waals surface area contributed by atoms with Crippen LogP contribution in [-0.4, -0.2) is 53.7 Å². The maximum Gasteiger partial charge on any atom is 0.261 e. The highest BCUT2D eigenvalue weighted by molar-refractivity contribution is 6.21. The fourth-order valence-corrected chi connectivity index (χ4v) is 4.15. The van der Waals surface area contributed by atoms with Crippen molar-refractivity contribution in [3.63, 3.8) is 0 Å². The van der Waals surface area contributed by atoms with E-state index in [1.807, 2.05) is 4.90 Å². The first-order valence-electron chi connectivity index (χ1n) is 7.98. The van der Waals surface area contributed by atoms with Crippen molar-refractivity contribution in [2.45, 2.75) is 18.9 Å². The zero-order valence-corrected chi connectivity index (χ0v) is 13.0. The lowest BCUT2D eigenvalue weighted by Gasteiger charge is -2.19. The lowest BCUT2D eigenvalue weighted by Crippen LogP contribution is -2.33. The number of hydrogen-bond donors (Lipinski definition) is 1. The Morgan fingerprint density at radius 2 is 1.87 bits per heavy atom. The van der Waals surface area contributed by atoms with Gasteiger partial charge in [0.15, 0.2) is 0 Å². The van der Waals surface area contributed by atoms with E-state index in [9.17, 15) is 14.4 Å². The van der Waals surface area contributed by atoms with E-state index >= 15 is 0 Å². The molecule has 0 bridgehead atoms. The number of hydrogen-bond acceptors (Lipinski definition) is 4. The predicted octanol–water partition coefficient (Wildman–Crippen LogP) is 0.722. The predicted molar refractivity (Wildman–Crippen MR) is 83.0 cm³/mol. The van der Waals surface area contributed by atoms with Crippen LogP contribution in [0.15, 0.2) is 18.2 Å². The molecule has 2 N–H and O–H groups in total. The van der Waals surface area contributed by atoms with Gasteiger partial charge in [0.2, 0.25) is 0 Å². The van der Waals surface area contributed by atoms with E-state index in [1.54, 1.807) is 18.2 Å². The number of imide groups is 1. The molecule has 3 amide bonds. The molecule has 2 fully saturated rings. The first-order chi connectivity index (χ1) is 11.0. The standard InChI is InChI=1S/C17H19N3O3/c1-19-16(22)11-4-2-9(6-12(11)17(19)23)15(21)20-7-10-3-5-14(18)13(10)8-20/h2,4,6,10,13-14H,3,5,7-8,18H2,1H3. The molecule has 3 atom stereocenters. The van der Waals surface area contributed by atoms with E-state index in [-0.39, 0.29) is 23.8 Å². The average molecular weight is 313 g/mol. The monoisotopic (exact) mass is 313 g/mol. The van der Waals surface area contributed by atoms with Crippen molar-refractivity contribution in [3.05, 3.63) is 34.9 Å². The van der Waals surface area contributed by atoms with Crippen molar-refractivity contribution in [2.24, 2.45) is 17.6 Å². The average Bonchev–Trinajstić information content (AvgIpc) is 3.19. The zero-order chi connectivity index (χ0) is 16.3. The Bertz CT molecular complexity index is 730. The van der Waals surface area contributed by atoms with Crippen LogP contribution in [0.25, 0.3) is 0 Å². The smallest absolute Gasteiger partial charge is 0.261 e.